The summed E-state index contributed by atoms with van der Waals surface area (Å²) in [6.07, 6.45) is 1.56. The van der Waals surface area contributed by atoms with Gasteiger partial charge in [0.1, 0.15) is 0 Å². The number of fused-ring (bicyclic) bond motifs is 1. The van der Waals surface area contributed by atoms with Crippen LogP contribution in [-0.4, -0.2) is 33.3 Å². The quantitative estimate of drug-likeness (QED) is 0.890. The molecule has 0 aliphatic rings. The molecular formula is C12H19Cl2N5O. The minimum absolute atomic E-state index is 0. The summed E-state index contributed by atoms with van der Waals surface area (Å²) in [5, 5.41) is 7.97. The van der Waals surface area contributed by atoms with Crippen molar-refractivity contribution in [3.8, 4) is 0 Å². The normalized spacial score (nSPS) is 11.4. The number of pyridine rings is 1. The van der Waals surface area contributed by atoms with E-state index in [1.54, 1.807) is 10.9 Å². The van der Waals surface area contributed by atoms with Crippen LogP contribution in [0.2, 0.25) is 0 Å². The van der Waals surface area contributed by atoms with Crippen molar-refractivity contribution in [1.29, 1.82) is 0 Å². The zero-order chi connectivity index (χ0) is 13.3. The molecule has 0 spiro atoms. The van der Waals surface area contributed by atoms with Gasteiger partial charge in [0.2, 0.25) is 0 Å². The molecule has 1 amide bonds. The van der Waals surface area contributed by atoms with Gasteiger partial charge in [0.15, 0.2) is 5.65 Å². The topological polar surface area (TPSA) is 85.8 Å². The number of nitrogens with one attached hydrogen (secondary N) is 1. The minimum atomic E-state index is -0.161. The number of nitrogens with two attached hydrogens (primary N) is 1. The lowest BCUT2D eigenvalue weighted by molar-refractivity contribution is 0.0941. The van der Waals surface area contributed by atoms with E-state index < -0.39 is 0 Å². The summed E-state index contributed by atoms with van der Waals surface area (Å²) in [5.74, 6) is -0.161. The molecule has 2 aromatic heterocycles. The molecule has 0 aliphatic carbocycles. The van der Waals surface area contributed by atoms with Crippen LogP contribution in [0.4, 0.5) is 0 Å². The summed E-state index contributed by atoms with van der Waals surface area (Å²) in [6.45, 7) is 4.17. The van der Waals surface area contributed by atoms with Crippen molar-refractivity contribution >= 4 is 41.8 Å². The molecule has 8 heteroatoms. The van der Waals surface area contributed by atoms with Crippen LogP contribution in [0.5, 0.6) is 0 Å². The maximum atomic E-state index is 11.9. The van der Waals surface area contributed by atoms with E-state index in [1.165, 1.54) is 0 Å². The van der Waals surface area contributed by atoms with Gasteiger partial charge in [0.25, 0.3) is 5.91 Å². The van der Waals surface area contributed by atoms with Crippen molar-refractivity contribution in [1.82, 2.24) is 20.1 Å². The molecule has 2 aromatic rings. The van der Waals surface area contributed by atoms with Gasteiger partial charge in [-0.05, 0) is 19.9 Å². The number of rotatable bonds is 3. The zero-order valence-electron chi connectivity index (χ0n) is 11.6. The van der Waals surface area contributed by atoms with Gasteiger partial charge in [-0.1, -0.05) is 0 Å². The molecule has 112 valence electrons. The fourth-order valence-corrected chi connectivity index (χ4v) is 1.80. The van der Waals surface area contributed by atoms with Crippen LogP contribution in [0.1, 0.15) is 23.0 Å². The summed E-state index contributed by atoms with van der Waals surface area (Å²) in [4.78, 5) is 16.2. The average molecular weight is 320 g/mol. The number of hydrogen-bond acceptors (Lipinski definition) is 4. The molecule has 0 saturated heterocycles. The van der Waals surface area contributed by atoms with Crippen LogP contribution < -0.4 is 11.1 Å². The Morgan fingerprint density at radius 3 is 2.75 bits per heavy atom. The maximum absolute atomic E-state index is 11.9. The monoisotopic (exact) mass is 319 g/mol. The number of amides is 1. The van der Waals surface area contributed by atoms with Gasteiger partial charge in [-0.3, -0.25) is 9.48 Å². The second kappa shape index (κ2) is 7.42. The maximum Gasteiger partial charge on any atom is 0.253 e. The van der Waals surface area contributed by atoms with Crippen molar-refractivity contribution in [3.05, 3.63) is 23.5 Å². The highest BCUT2D eigenvalue weighted by Gasteiger charge is 2.12. The summed E-state index contributed by atoms with van der Waals surface area (Å²) in [5.41, 5.74) is 7.64. The third-order valence-electron chi connectivity index (χ3n) is 2.86. The third-order valence-corrected chi connectivity index (χ3v) is 2.86. The average Bonchev–Trinajstić information content (AvgIpc) is 2.64. The lowest BCUT2D eigenvalue weighted by atomic mass is 10.2. The molecule has 2 rings (SSSR count). The molecule has 0 fully saturated rings. The van der Waals surface area contributed by atoms with E-state index in [4.69, 9.17) is 5.73 Å². The largest absolute Gasteiger partial charge is 0.348 e. The van der Waals surface area contributed by atoms with Crippen molar-refractivity contribution in [2.75, 3.05) is 6.54 Å². The summed E-state index contributed by atoms with van der Waals surface area (Å²) < 4.78 is 1.70. The Morgan fingerprint density at radius 2 is 2.15 bits per heavy atom. The third kappa shape index (κ3) is 3.59. The molecule has 20 heavy (non-hydrogen) atoms. The van der Waals surface area contributed by atoms with E-state index in [-0.39, 0.29) is 36.8 Å². The first-order valence-corrected chi connectivity index (χ1v) is 5.83. The molecule has 6 nitrogen and oxygen atoms in total. The fourth-order valence-electron chi connectivity index (χ4n) is 1.80. The second-order valence-electron chi connectivity index (χ2n) is 4.41. The van der Waals surface area contributed by atoms with Crippen LogP contribution >= 0.6 is 24.8 Å². The number of aromatic nitrogens is 3. The minimum Gasteiger partial charge on any atom is -0.348 e. The fraction of sp³-hybridized carbons (Fsp3) is 0.417. The smallest absolute Gasteiger partial charge is 0.253 e. The van der Waals surface area contributed by atoms with E-state index in [2.05, 4.69) is 15.4 Å². The van der Waals surface area contributed by atoms with Gasteiger partial charge in [-0.25, -0.2) is 4.98 Å². The predicted molar refractivity (Wildman–Crippen MR) is 83.7 cm³/mol. The number of carbonyl (C=O) groups is 1. The number of carbonyl (C=O) groups excluding carboxylic acids is 1. The molecule has 0 aromatic carbocycles. The van der Waals surface area contributed by atoms with Gasteiger partial charge in [0.05, 0.1) is 11.3 Å². The first-order chi connectivity index (χ1) is 8.52. The molecule has 0 radical (unpaired) electrons. The Labute approximate surface area is 129 Å². The van der Waals surface area contributed by atoms with E-state index >= 15 is 0 Å². The second-order valence-corrected chi connectivity index (χ2v) is 4.41. The number of halogens is 2. The molecule has 2 heterocycles. The Bertz CT molecular complexity index is 599. The molecule has 0 saturated carbocycles. The van der Waals surface area contributed by atoms with Crippen molar-refractivity contribution < 1.29 is 4.79 Å². The van der Waals surface area contributed by atoms with E-state index in [0.717, 1.165) is 16.7 Å². The molecule has 3 N–H and O–H groups in total. The van der Waals surface area contributed by atoms with Crippen LogP contribution in [-0.2, 0) is 7.05 Å². The van der Waals surface area contributed by atoms with E-state index in [1.807, 2.05) is 27.0 Å². The van der Waals surface area contributed by atoms with Gasteiger partial charge in [0, 0.05) is 31.2 Å². The highest BCUT2D eigenvalue weighted by atomic mass is 35.5. The first-order valence-electron chi connectivity index (χ1n) is 5.83. The Kier molecular flexibility index (Phi) is 6.91. The molecule has 0 unspecified atom stereocenters. The standard InChI is InChI=1S/C12H17N5O.2ClH/c1-7(5-13)15-12(18)9-4-10-8(2)16-17(3)11(10)14-6-9;;/h4,6-7H,5,13H2,1-3H3,(H,15,18);2*1H/t7-;;/m0../s1. The highest BCUT2D eigenvalue weighted by Crippen LogP contribution is 2.16. The van der Waals surface area contributed by atoms with Gasteiger partial charge >= 0.3 is 0 Å². The van der Waals surface area contributed by atoms with Crippen molar-refractivity contribution in [2.24, 2.45) is 12.8 Å². The molecule has 0 bridgehead atoms. The number of aryl methyl sites for hydroxylation is 2. The number of hydrogen-bond donors (Lipinski definition) is 2. The van der Waals surface area contributed by atoms with E-state index in [0.29, 0.717) is 12.1 Å². The Balaban J connectivity index is 0.00000180. The van der Waals surface area contributed by atoms with Crippen LogP contribution in [0.3, 0.4) is 0 Å². The van der Waals surface area contributed by atoms with Gasteiger partial charge in [-0.2, -0.15) is 5.10 Å². The summed E-state index contributed by atoms with van der Waals surface area (Å²) in [7, 11) is 1.83. The lowest BCUT2D eigenvalue weighted by Gasteiger charge is -2.10. The molecule has 0 aliphatic heterocycles. The Hall–Kier alpha value is -1.37. The van der Waals surface area contributed by atoms with Crippen molar-refractivity contribution in [3.63, 3.8) is 0 Å². The van der Waals surface area contributed by atoms with Crippen LogP contribution in [0.25, 0.3) is 11.0 Å². The summed E-state index contributed by atoms with van der Waals surface area (Å²) >= 11 is 0. The highest BCUT2D eigenvalue weighted by molar-refractivity contribution is 5.97. The lowest BCUT2D eigenvalue weighted by Crippen LogP contribution is -2.37. The van der Waals surface area contributed by atoms with Gasteiger partial charge < -0.3 is 11.1 Å². The molecule has 1 atom stereocenters. The summed E-state index contributed by atoms with van der Waals surface area (Å²) in [6, 6.07) is 1.76. The Morgan fingerprint density at radius 1 is 1.50 bits per heavy atom. The van der Waals surface area contributed by atoms with Crippen molar-refractivity contribution in [2.45, 2.75) is 19.9 Å². The number of nitrogens with zero attached hydrogens (tertiary/aromatic N) is 3. The zero-order valence-corrected chi connectivity index (χ0v) is 13.2. The SMILES string of the molecule is Cc1nn(C)c2ncc(C(=O)N[C@@H](C)CN)cc12.Cl.Cl. The van der Waals surface area contributed by atoms with Crippen LogP contribution in [0, 0.1) is 6.92 Å². The first kappa shape index (κ1) is 18.6. The predicted octanol–water partition coefficient (Wildman–Crippen LogP) is 1.20. The van der Waals surface area contributed by atoms with Crippen LogP contribution in [0.15, 0.2) is 12.3 Å². The molecular weight excluding hydrogens is 301 g/mol. The van der Waals surface area contributed by atoms with Gasteiger partial charge in [-0.15, -0.1) is 24.8 Å². The van der Waals surface area contributed by atoms with E-state index in [9.17, 15) is 4.79 Å².